The van der Waals surface area contributed by atoms with Crippen molar-refractivity contribution in [1.29, 1.82) is 0 Å². The van der Waals surface area contributed by atoms with Crippen molar-refractivity contribution in [2.24, 2.45) is 5.10 Å². The molecule has 188 valence electrons. The van der Waals surface area contributed by atoms with Gasteiger partial charge >= 0.3 is 5.97 Å². The van der Waals surface area contributed by atoms with Gasteiger partial charge in [-0.25, -0.2) is 9.78 Å². The zero-order valence-electron chi connectivity index (χ0n) is 20.0. The van der Waals surface area contributed by atoms with Gasteiger partial charge in [0.2, 0.25) is 0 Å². The van der Waals surface area contributed by atoms with Gasteiger partial charge in [-0.05, 0) is 66.7 Å². The van der Waals surface area contributed by atoms with Crippen LogP contribution in [0.15, 0.2) is 101 Å². The van der Waals surface area contributed by atoms with Gasteiger partial charge in [-0.2, -0.15) is 9.78 Å². The average molecular weight is 544 g/mol. The number of methoxy groups -OCH3 is 1. The number of esters is 1. The first-order chi connectivity index (χ1) is 18.4. The quantitative estimate of drug-likeness (QED) is 0.139. The van der Waals surface area contributed by atoms with Gasteiger partial charge in [0.05, 0.1) is 34.8 Å². The molecule has 38 heavy (non-hydrogen) atoms. The van der Waals surface area contributed by atoms with E-state index < -0.39 is 5.97 Å². The number of hydrogen-bond donors (Lipinski definition) is 0. The van der Waals surface area contributed by atoms with E-state index in [2.05, 4.69) is 5.10 Å². The monoisotopic (exact) mass is 543 g/mol. The molecule has 0 atom stereocenters. The maximum absolute atomic E-state index is 13.5. The third-order valence-electron chi connectivity index (χ3n) is 5.69. The van der Waals surface area contributed by atoms with Gasteiger partial charge in [-0.1, -0.05) is 47.5 Å². The zero-order chi connectivity index (χ0) is 26.6. The van der Waals surface area contributed by atoms with Crippen LogP contribution in [0.1, 0.15) is 15.9 Å². The summed E-state index contributed by atoms with van der Waals surface area (Å²) in [6.07, 6.45) is 1.44. The number of fused-ring (bicyclic) bond motifs is 1. The number of para-hydroxylation sites is 2. The van der Waals surface area contributed by atoms with Crippen LogP contribution < -0.4 is 15.0 Å². The van der Waals surface area contributed by atoms with Crippen molar-refractivity contribution in [2.45, 2.75) is 0 Å². The Morgan fingerprint density at radius 2 is 1.68 bits per heavy atom. The van der Waals surface area contributed by atoms with Crippen LogP contribution in [0.3, 0.4) is 0 Å². The maximum atomic E-state index is 13.5. The molecule has 5 rings (SSSR count). The van der Waals surface area contributed by atoms with E-state index in [0.717, 1.165) is 0 Å². The van der Waals surface area contributed by atoms with Crippen LogP contribution in [0.4, 0.5) is 0 Å². The molecule has 0 radical (unpaired) electrons. The Kier molecular flexibility index (Phi) is 7.22. The predicted octanol–water partition coefficient (Wildman–Crippen LogP) is 6.48. The fourth-order valence-corrected chi connectivity index (χ4v) is 4.25. The van der Waals surface area contributed by atoms with Crippen molar-refractivity contribution in [2.75, 3.05) is 7.11 Å². The summed E-state index contributed by atoms with van der Waals surface area (Å²) in [6, 6.07) is 25.5. The van der Waals surface area contributed by atoms with Crippen LogP contribution in [0.2, 0.25) is 10.0 Å². The minimum atomic E-state index is -0.657. The molecule has 0 bridgehead atoms. The number of halogens is 2. The lowest BCUT2D eigenvalue weighted by Gasteiger charge is -2.11. The Labute approximate surface area is 227 Å². The molecule has 0 amide bonds. The molecule has 1 aromatic heterocycles. The molecule has 9 heteroatoms. The molecule has 7 nitrogen and oxygen atoms in total. The number of rotatable bonds is 6. The molecule has 0 aliphatic carbocycles. The van der Waals surface area contributed by atoms with Crippen LogP contribution in [0.25, 0.3) is 22.3 Å². The highest BCUT2D eigenvalue weighted by atomic mass is 35.5. The molecule has 0 N–H and O–H groups in total. The Hall–Kier alpha value is -4.46. The van der Waals surface area contributed by atoms with E-state index in [1.165, 1.54) is 23.0 Å². The van der Waals surface area contributed by atoms with Crippen LogP contribution in [0.5, 0.6) is 11.5 Å². The fraction of sp³-hybridized carbons (Fsp3) is 0.0345. The highest BCUT2D eigenvalue weighted by molar-refractivity contribution is 6.36. The number of ether oxygens (including phenoxy) is 2. The Bertz CT molecular complexity index is 1750. The van der Waals surface area contributed by atoms with Crippen LogP contribution in [0, 0.1) is 0 Å². The number of carbonyl (C=O) groups is 1. The lowest BCUT2D eigenvalue weighted by Crippen LogP contribution is -2.20. The number of aromatic nitrogens is 2. The highest BCUT2D eigenvalue weighted by Gasteiger charge is 2.16. The second kappa shape index (κ2) is 10.9. The van der Waals surface area contributed by atoms with Gasteiger partial charge in [-0.15, -0.1) is 0 Å². The van der Waals surface area contributed by atoms with Crippen LogP contribution >= 0.6 is 23.2 Å². The van der Waals surface area contributed by atoms with Crippen molar-refractivity contribution in [3.05, 3.63) is 123 Å². The smallest absolute Gasteiger partial charge is 0.345 e. The lowest BCUT2D eigenvalue weighted by molar-refractivity contribution is 0.0734. The maximum Gasteiger partial charge on any atom is 0.345 e. The van der Waals surface area contributed by atoms with Gasteiger partial charge < -0.3 is 9.47 Å². The molecule has 0 spiro atoms. The van der Waals surface area contributed by atoms with E-state index in [1.807, 2.05) is 6.07 Å². The topological polar surface area (TPSA) is 82.8 Å². The third kappa shape index (κ3) is 5.16. The van der Waals surface area contributed by atoms with E-state index in [9.17, 15) is 9.59 Å². The standard InChI is InChI=1S/C29H19Cl2N3O4/c1-37-21-13-10-18(11-14-21)27-33-25-8-4-3-7-23(25)28(35)34(27)32-17-19-6-2-5-9-26(19)38-29(36)22-15-12-20(30)16-24(22)31/h2-17H,1H3. The Balaban J connectivity index is 1.56. The second-order valence-corrected chi connectivity index (χ2v) is 8.94. The lowest BCUT2D eigenvalue weighted by atomic mass is 10.2. The summed E-state index contributed by atoms with van der Waals surface area (Å²) in [4.78, 5) is 30.9. The largest absolute Gasteiger partial charge is 0.497 e. The van der Waals surface area contributed by atoms with E-state index in [1.54, 1.807) is 79.9 Å². The summed E-state index contributed by atoms with van der Waals surface area (Å²) in [7, 11) is 1.58. The molecule has 1 heterocycles. The molecular formula is C29H19Cl2N3O4. The molecular weight excluding hydrogens is 525 g/mol. The Morgan fingerprint density at radius 3 is 2.45 bits per heavy atom. The fourth-order valence-electron chi connectivity index (χ4n) is 3.77. The summed E-state index contributed by atoms with van der Waals surface area (Å²) in [5.74, 6) is 0.592. The van der Waals surface area contributed by atoms with Gasteiger partial charge in [0.15, 0.2) is 5.82 Å². The minimum Gasteiger partial charge on any atom is -0.497 e. The zero-order valence-corrected chi connectivity index (χ0v) is 21.5. The second-order valence-electron chi connectivity index (χ2n) is 8.09. The van der Waals surface area contributed by atoms with Crippen molar-refractivity contribution >= 4 is 46.3 Å². The molecule has 0 saturated heterocycles. The van der Waals surface area contributed by atoms with Crippen molar-refractivity contribution in [1.82, 2.24) is 9.66 Å². The van der Waals surface area contributed by atoms with Gasteiger partial charge in [0, 0.05) is 16.1 Å². The molecule has 0 saturated carbocycles. The summed E-state index contributed by atoms with van der Waals surface area (Å²) < 4.78 is 12.1. The third-order valence-corrected chi connectivity index (χ3v) is 6.23. The van der Waals surface area contributed by atoms with E-state index in [-0.39, 0.29) is 21.9 Å². The van der Waals surface area contributed by atoms with Gasteiger partial charge in [0.1, 0.15) is 11.5 Å². The summed E-state index contributed by atoms with van der Waals surface area (Å²) in [6.45, 7) is 0. The molecule has 0 fully saturated rings. The molecule has 5 aromatic rings. The minimum absolute atomic E-state index is 0.166. The molecule has 4 aromatic carbocycles. The van der Waals surface area contributed by atoms with E-state index in [0.29, 0.717) is 38.6 Å². The van der Waals surface area contributed by atoms with Gasteiger partial charge in [-0.3, -0.25) is 4.79 Å². The highest BCUT2D eigenvalue weighted by Crippen LogP contribution is 2.25. The normalized spacial score (nSPS) is 11.1. The first-order valence-corrected chi connectivity index (χ1v) is 12.2. The van der Waals surface area contributed by atoms with Crippen LogP contribution in [-0.4, -0.2) is 29.0 Å². The van der Waals surface area contributed by atoms with Crippen molar-refractivity contribution < 1.29 is 14.3 Å². The Morgan fingerprint density at radius 1 is 0.947 bits per heavy atom. The number of benzene rings is 4. The van der Waals surface area contributed by atoms with Crippen molar-refractivity contribution in [3.63, 3.8) is 0 Å². The molecule has 0 aliphatic heterocycles. The summed E-state index contributed by atoms with van der Waals surface area (Å²) in [5, 5.41) is 5.46. The SMILES string of the molecule is COc1ccc(-c2nc3ccccc3c(=O)n2N=Cc2ccccc2OC(=O)c2ccc(Cl)cc2Cl)cc1. The predicted molar refractivity (Wildman–Crippen MR) is 149 cm³/mol. The number of hydrogen-bond acceptors (Lipinski definition) is 6. The van der Waals surface area contributed by atoms with Crippen molar-refractivity contribution in [3.8, 4) is 22.9 Å². The average Bonchev–Trinajstić information content (AvgIpc) is 2.93. The first-order valence-electron chi connectivity index (χ1n) is 11.4. The van der Waals surface area contributed by atoms with E-state index in [4.69, 9.17) is 37.7 Å². The summed E-state index contributed by atoms with van der Waals surface area (Å²) in [5.41, 5.74) is 1.50. The van der Waals surface area contributed by atoms with Gasteiger partial charge in [0.25, 0.3) is 5.56 Å². The first kappa shape index (κ1) is 25.2. The number of nitrogens with zero attached hydrogens (tertiary/aromatic N) is 3. The van der Waals surface area contributed by atoms with Crippen LogP contribution in [-0.2, 0) is 0 Å². The molecule has 0 unspecified atom stereocenters. The summed E-state index contributed by atoms with van der Waals surface area (Å²) >= 11 is 12.1. The number of carbonyl (C=O) groups excluding carboxylic acids is 1. The molecule has 0 aliphatic rings. The van der Waals surface area contributed by atoms with E-state index >= 15 is 0 Å².